The zero-order valence-corrected chi connectivity index (χ0v) is 15.8. The molecule has 1 aromatic heterocycles. The molecule has 0 N–H and O–H groups in total. The van der Waals surface area contributed by atoms with Gasteiger partial charge in [0.15, 0.2) is 0 Å². The van der Waals surface area contributed by atoms with Gasteiger partial charge in [-0.3, -0.25) is 0 Å². The van der Waals surface area contributed by atoms with Crippen molar-refractivity contribution < 1.29 is 0 Å². The first-order valence-corrected chi connectivity index (χ1v) is 9.01. The van der Waals surface area contributed by atoms with Gasteiger partial charge >= 0.3 is 0 Å². The molecule has 3 rings (SSSR count). The molecule has 0 aliphatic heterocycles. The number of thiazole rings is 1. The molecule has 0 saturated heterocycles. The SMILES string of the molecule is Cc1sc(-c2ccc(Cl)c(Br)c2)nc1-c1cccc(Br)c1. The Morgan fingerprint density at radius 3 is 2.57 bits per heavy atom. The highest BCUT2D eigenvalue weighted by molar-refractivity contribution is 9.10. The highest BCUT2D eigenvalue weighted by Crippen LogP contribution is 2.36. The molecule has 0 bridgehead atoms. The number of aromatic nitrogens is 1. The highest BCUT2D eigenvalue weighted by atomic mass is 79.9. The van der Waals surface area contributed by atoms with Crippen LogP contribution in [0.15, 0.2) is 51.4 Å². The maximum atomic E-state index is 6.05. The molecule has 0 aliphatic rings. The fourth-order valence-corrected chi connectivity index (χ4v) is 3.88. The summed E-state index contributed by atoms with van der Waals surface area (Å²) in [7, 11) is 0. The minimum absolute atomic E-state index is 0.708. The van der Waals surface area contributed by atoms with E-state index in [0.717, 1.165) is 30.8 Å². The lowest BCUT2D eigenvalue weighted by atomic mass is 10.1. The van der Waals surface area contributed by atoms with E-state index < -0.39 is 0 Å². The van der Waals surface area contributed by atoms with E-state index >= 15 is 0 Å². The summed E-state index contributed by atoms with van der Waals surface area (Å²) in [4.78, 5) is 6.00. The van der Waals surface area contributed by atoms with Gasteiger partial charge in [0, 0.05) is 24.9 Å². The highest BCUT2D eigenvalue weighted by Gasteiger charge is 2.12. The van der Waals surface area contributed by atoms with E-state index in [-0.39, 0.29) is 0 Å². The van der Waals surface area contributed by atoms with Gasteiger partial charge in [-0.2, -0.15) is 0 Å². The molecular formula is C16H10Br2ClNS. The molecule has 3 aromatic rings. The zero-order valence-electron chi connectivity index (χ0n) is 11.0. The van der Waals surface area contributed by atoms with Crippen molar-refractivity contribution in [1.82, 2.24) is 4.98 Å². The monoisotopic (exact) mass is 441 g/mol. The van der Waals surface area contributed by atoms with Gasteiger partial charge < -0.3 is 0 Å². The Morgan fingerprint density at radius 2 is 1.86 bits per heavy atom. The van der Waals surface area contributed by atoms with E-state index in [4.69, 9.17) is 16.6 Å². The van der Waals surface area contributed by atoms with Crippen molar-refractivity contribution in [3.05, 3.63) is 61.3 Å². The summed E-state index contributed by atoms with van der Waals surface area (Å²) in [5.41, 5.74) is 3.22. The normalized spacial score (nSPS) is 10.9. The van der Waals surface area contributed by atoms with Gasteiger partial charge in [0.2, 0.25) is 0 Å². The van der Waals surface area contributed by atoms with Gasteiger partial charge in [0.25, 0.3) is 0 Å². The van der Waals surface area contributed by atoms with E-state index in [0.29, 0.717) is 5.02 Å². The van der Waals surface area contributed by atoms with Crippen LogP contribution in [0.25, 0.3) is 21.8 Å². The minimum Gasteiger partial charge on any atom is -0.236 e. The Balaban J connectivity index is 2.07. The summed E-state index contributed by atoms with van der Waals surface area (Å²) < 4.78 is 1.95. The quantitative estimate of drug-likeness (QED) is 0.417. The van der Waals surface area contributed by atoms with Crippen molar-refractivity contribution in [1.29, 1.82) is 0 Å². The maximum absolute atomic E-state index is 6.05. The van der Waals surface area contributed by atoms with Crippen LogP contribution in [0.3, 0.4) is 0 Å². The van der Waals surface area contributed by atoms with Crippen LogP contribution in [0.5, 0.6) is 0 Å². The summed E-state index contributed by atoms with van der Waals surface area (Å²) in [6.07, 6.45) is 0. The second-order valence-corrected chi connectivity index (χ2v) is 7.94. The Hall–Kier alpha value is -0.680. The minimum atomic E-state index is 0.708. The standard InChI is InChI=1S/C16H10Br2ClNS/c1-9-15(10-3-2-4-12(17)7-10)20-16(21-9)11-5-6-14(19)13(18)8-11/h2-8H,1H3. The van der Waals surface area contributed by atoms with E-state index in [2.05, 4.69) is 50.9 Å². The van der Waals surface area contributed by atoms with E-state index in [1.807, 2.05) is 30.3 Å². The summed E-state index contributed by atoms with van der Waals surface area (Å²) in [5, 5.41) is 1.71. The number of rotatable bonds is 2. The molecule has 1 nitrogen and oxygen atoms in total. The molecule has 5 heteroatoms. The second kappa shape index (κ2) is 6.21. The molecule has 0 aliphatic carbocycles. The predicted octanol–water partition coefficient (Wildman–Crippen LogP) is 6.96. The summed E-state index contributed by atoms with van der Waals surface area (Å²) in [5.74, 6) is 0. The summed E-state index contributed by atoms with van der Waals surface area (Å²) >= 11 is 14.7. The molecule has 21 heavy (non-hydrogen) atoms. The Labute approximate surface area is 149 Å². The molecule has 1 heterocycles. The first-order chi connectivity index (χ1) is 10.0. The van der Waals surface area contributed by atoms with Gasteiger partial charge in [0.05, 0.1) is 10.7 Å². The Morgan fingerprint density at radius 1 is 1.05 bits per heavy atom. The van der Waals surface area contributed by atoms with Crippen molar-refractivity contribution in [3.63, 3.8) is 0 Å². The first kappa shape index (κ1) is 15.2. The largest absolute Gasteiger partial charge is 0.236 e. The number of hydrogen-bond acceptors (Lipinski definition) is 2. The van der Waals surface area contributed by atoms with Gasteiger partial charge in [-0.25, -0.2) is 4.98 Å². The van der Waals surface area contributed by atoms with Gasteiger partial charge in [-0.1, -0.05) is 45.7 Å². The molecule has 0 radical (unpaired) electrons. The van der Waals surface area contributed by atoms with Crippen LogP contribution in [-0.4, -0.2) is 4.98 Å². The smallest absolute Gasteiger partial charge is 0.124 e. The maximum Gasteiger partial charge on any atom is 0.124 e. The summed E-state index contributed by atoms with van der Waals surface area (Å²) in [6.45, 7) is 2.10. The van der Waals surface area contributed by atoms with Crippen LogP contribution in [-0.2, 0) is 0 Å². The third-order valence-corrected chi connectivity index (χ3v) is 5.79. The fraction of sp³-hybridized carbons (Fsp3) is 0.0625. The van der Waals surface area contributed by atoms with Crippen LogP contribution in [0.2, 0.25) is 5.02 Å². The van der Waals surface area contributed by atoms with Crippen molar-refractivity contribution in [3.8, 4) is 21.8 Å². The van der Waals surface area contributed by atoms with E-state index in [9.17, 15) is 0 Å². The summed E-state index contributed by atoms with van der Waals surface area (Å²) in [6, 6.07) is 14.1. The predicted molar refractivity (Wildman–Crippen MR) is 98.1 cm³/mol. The third kappa shape index (κ3) is 3.24. The van der Waals surface area contributed by atoms with Crippen molar-refractivity contribution in [2.24, 2.45) is 0 Å². The molecule has 0 spiro atoms. The van der Waals surface area contributed by atoms with Crippen LogP contribution in [0.4, 0.5) is 0 Å². The molecule has 0 atom stereocenters. The van der Waals surface area contributed by atoms with Gasteiger partial charge in [0.1, 0.15) is 5.01 Å². The number of nitrogens with zero attached hydrogens (tertiary/aromatic N) is 1. The van der Waals surface area contributed by atoms with E-state index in [1.165, 1.54) is 4.88 Å². The first-order valence-electron chi connectivity index (χ1n) is 6.23. The zero-order chi connectivity index (χ0) is 15.0. The average Bonchev–Trinajstić information content (AvgIpc) is 2.84. The van der Waals surface area contributed by atoms with Crippen molar-refractivity contribution in [2.75, 3.05) is 0 Å². The van der Waals surface area contributed by atoms with Crippen LogP contribution < -0.4 is 0 Å². The van der Waals surface area contributed by atoms with Crippen LogP contribution >= 0.6 is 54.8 Å². The number of aryl methyl sites for hydroxylation is 1. The third-order valence-electron chi connectivity index (χ3n) is 3.06. The number of hydrogen-bond donors (Lipinski definition) is 0. The lowest BCUT2D eigenvalue weighted by molar-refractivity contribution is 1.37. The topological polar surface area (TPSA) is 12.9 Å². The molecule has 0 unspecified atom stereocenters. The molecule has 2 aromatic carbocycles. The fourth-order valence-electron chi connectivity index (χ4n) is 2.05. The number of halogens is 3. The van der Waals surface area contributed by atoms with Crippen molar-refractivity contribution in [2.45, 2.75) is 6.92 Å². The molecule has 0 saturated carbocycles. The lowest BCUT2D eigenvalue weighted by Crippen LogP contribution is -1.82. The van der Waals surface area contributed by atoms with Crippen LogP contribution in [0.1, 0.15) is 4.88 Å². The molecular weight excluding hydrogens is 434 g/mol. The average molecular weight is 444 g/mol. The number of benzene rings is 2. The van der Waals surface area contributed by atoms with Gasteiger partial charge in [-0.05, 0) is 47.1 Å². The Bertz CT molecular complexity index is 814. The molecule has 0 fully saturated rings. The van der Waals surface area contributed by atoms with Crippen molar-refractivity contribution >= 4 is 54.8 Å². The van der Waals surface area contributed by atoms with Gasteiger partial charge in [-0.15, -0.1) is 11.3 Å². The molecule has 106 valence electrons. The van der Waals surface area contributed by atoms with Crippen LogP contribution in [0, 0.1) is 6.92 Å². The lowest BCUT2D eigenvalue weighted by Gasteiger charge is -2.00. The van der Waals surface area contributed by atoms with E-state index in [1.54, 1.807) is 11.3 Å². The Kier molecular flexibility index (Phi) is 4.50. The second-order valence-electron chi connectivity index (χ2n) is 4.56. The molecule has 0 amide bonds.